The fourth-order valence-corrected chi connectivity index (χ4v) is 3.17. The van der Waals surface area contributed by atoms with Crippen molar-refractivity contribution in [3.63, 3.8) is 0 Å². The van der Waals surface area contributed by atoms with E-state index in [1.807, 2.05) is 4.90 Å². The first-order valence-electron chi connectivity index (χ1n) is 9.44. The van der Waals surface area contributed by atoms with Gasteiger partial charge in [0.2, 0.25) is 11.9 Å². The number of aromatic nitrogens is 2. The van der Waals surface area contributed by atoms with Gasteiger partial charge in [0.1, 0.15) is 5.75 Å². The topological polar surface area (TPSA) is 140 Å². The number of morpholine rings is 1. The second-order valence-electron chi connectivity index (χ2n) is 6.74. The van der Waals surface area contributed by atoms with Gasteiger partial charge in [0, 0.05) is 42.9 Å². The Balaban J connectivity index is 1.68. The Hall–Kier alpha value is -3.47. The summed E-state index contributed by atoms with van der Waals surface area (Å²) in [6, 6.07) is 3.93. The first-order chi connectivity index (χ1) is 14.4. The number of amides is 1. The van der Waals surface area contributed by atoms with Crippen LogP contribution in [-0.4, -0.2) is 54.2 Å². The van der Waals surface area contributed by atoms with E-state index < -0.39 is 10.8 Å². The lowest BCUT2D eigenvalue weighted by molar-refractivity contribution is -0.384. The van der Waals surface area contributed by atoms with E-state index in [0.717, 1.165) is 0 Å². The zero-order valence-corrected chi connectivity index (χ0v) is 16.8. The fourth-order valence-electron chi connectivity index (χ4n) is 3.17. The highest BCUT2D eigenvalue weighted by molar-refractivity contribution is 5.92. The van der Waals surface area contributed by atoms with Crippen LogP contribution in [0.3, 0.4) is 0 Å². The number of H-pyrrole nitrogens is 1. The summed E-state index contributed by atoms with van der Waals surface area (Å²) < 4.78 is 10.4. The quantitative estimate of drug-likeness (QED) is 0.509. The Bertz CT molecular complexity index is 999. The number of nitro benzene ring substituents is 1. The highest BCUT2D eigenvalue weighted by Gasteiger charge is 2.18. The van der Waals surface area contributed by atoms with Gasteiger partial charge in [-0.25, -0.2) is 4.98 Å². The molecule has 1 aromatic carbocycles. The minimum absolute atomic E-state index is 0.00828. The average molecular weight is 417 g/mol. The third-order valence-electron chi connectivity index (χ3n) is 4.79. The maximum atomic E-state index is 12.5. The summed E-state index contributed by atoms with van der Waals surface area (Å²) >= 11 is 0. The van der Waals surface area contributed by atoms with Gasteiger partial charge in [-0.1, -0.05) is 0 Å². The summed E-state index contributed by atoms with van der Waals surface area (Å²) in [6.45, 7) is 4.18. The number of nitro groups is 1. The van der Waals surface area contributed by atoms with Gasteiger partial charge in [0.05, 0.1) is 30.9 Å². The molecule has 0 spiro atoms. The molecular weight excluding hydrogens is 394 g/mol. The van der Waals surface area contributed by atoms with Gasteiger partial charge < -0.3 is 19.7 Å². The molecule has 160 valence electrons. The number of methoxy groups -OCH3 is 1. The van der Waals surface area contributed by atoms with Crippen LogP contribution in [0.4, 0.5) is 17.3 Å². The smallest absolute Gasteiger partial charge is 0.271 e. The normalized spacial score (nSPS) is 13.7. The first-order valence-corrected chi connectivity index (χ1v) is 9.44. The number of hydrogen-bond acceptors (Lipinski definition) is 8. The first kappa shape index (κ1) is 21.2. The second kappa shape index (κ2) is 9.35. The zero-order chi connectivity index (χ0) is 21.7. The highest BCUT2D eigenvalue weighted by atomic mass is 16.6. The Kier molecular flexibility index (Phi) is 6.62. The summed E-state index contributed by atoms with van der Waals surface area (Å²) in [7, 11) is 1.40. The molecule has 0 radical (unpaired) electrons. The van der Waals surface area contributed by atoms with Crippen molar-refractivity contribution in [1.29, 1.82) is 0 Å². The molecule has 30 heavy (non-hydrogen) atoms. The van der Waals surface area contributed by atoms with Gasteiger partial charge in [0.25, 0.3) is 11.2 Å². The molecule has 1 fully saturated rings. The minimum atomic E-state index is -0.556. The minimum Gasteiger partial charge on any atom is -0.495 e. The maximum absolute atomic E-state index is 12.5. The third-order valence-corrected chi connectivity index (χ3v) is 4.79. The van der Waals surface area contributed by atoms with Crippen molar-refractivity contribution in [2.24, 2.45) is 0 Å². The van der Waals surface area contributed by atoms with E-state index in [1.54, 1.807) is 6.92 Å². The molecule has 1 aliphatic rings. The van der Waals surface area contributed by atoms with Crippen LogP contribution in [-0.2, 0) is 16.0 Å². The molecule has 1 aliphatic heterocycles. The van der Waals surface area contributed by atoms with Crippen LogP contribution in [0.5, 0.6) is 5.75 Å². The van der Waals surface area contributed by atoms with Crippen LogP contribution in [0.25, 0.3) is 0 Å². The monoisotopic (exact) mass is 417 g/mol. The van der Waals surface area contributed by atoms with E-state index >= 15 is 0 Å². The third kappa shape index (κ3) is 4.92. The Morgan fingerprint density at radius 1 is 1.40 bits per heavy atom. The van der Waals surface area contributed by atoms with Crippen molar-refractivity contribution >= 4 is 23.2 Å². The van der Waals surface area contributed by atoms with Crippen molar-refractivity contribution in [3.05, 3.63) is 49.9 Å². The van der Waals surface area contributed by atoms with Crippen molar-refractivity contribution in [2.45, 2.75) is 19.8 Å². The lowest BCUT2D eigenvalue weighted by Crippen LogP contribution is -2.38. The van der Waals surface area contributed by atoms with Crippen molar-refractivity contribution in [1.82, 2.24) is 9.97 Å². The second-order valence-corrected chi connectivity index (χ2v) is 6.74. The van der Waals surface area contributed by atoms with Crippen LogP contribution in [0.15, 0.2) is 23.0 Å². The highest BCUT2D eigenvalue weighted by Crippen LogP contribution is 2.29. The van der Waals surface area contributed by atoms with Gasteiger partial charge in [-0.15, -0.1) is 0 Å². The summed E-state index contributed by atoms with van der Waals surface area (Å²) in [4.78, 5) is 44.5. The number of ether oxygens (including phenoxy) is 2. The molecule has 2 aromatic rings. The molecule has 11 heteroatoms. The summed E-state index contributed by atoms with van der Waals surface area (Å²) in [6.07, 6.45) is 0.189. The van der Waals surface area contributed by atoms with E-state index in [9.17, 15) is 19.7 Å². The lowest BCUT2D eigenvalue weighted by atomic mass is 10.1. The number of carbonyl (C=O) groups is 1. The fraction of sp³-hybridized carbons (Fsp3) is 0.421. The summed E-state index contributed by atoms with van der Waals surface area (Å²) in [5.74, 6) is 0.402. The van der Waals surface area contributed by atoms with E-state index in [2.05, 4.69) is 15.3 Å². The number of nitrogens with zero attached hydrogens (tertiary/aromatic N) is 3. The molecule has 2 heterocycles. The number of benzene rings is 1. The van der Waals surface area contributed by atoms with Gasteiger partial charge in [-0.3, -0.25) is 24.7 Å². The van der Waals surface area contributed by atoms with Gasteiger partial charge in [0.15, 0.2) is 0 Å². The molecule has 0 atom stereocenters. The zero-order valence-electron chi connectivity index (χ0n) is 16.8. The van der Waals surface area contributed by atoms with Crippen molar-refractivity contribution in [3.8, 4) is 5.75 Å². The largest absolute Gasteiger partial charge is 0.495 e. The molecule has 0 bridgehead atoms. The number of non-ortho nitro benzene ring substituents is 1. The molecule has 1 amide bonds. The molecular formula is C19H23N5O6. The predicted molar refractivity (Wildman–Crippen MR) is 109 cm³/mol. The van der Waals surface area contributed by atoms with Crippen molar-refractivity contribution in [2.75, 3.05) is 43.6 Å². The SMILES string of the molecule is COc1ccc([N+](=O)[O-])cc1NC(=O)CCc1c(C)nc(N2CCOCC2)[nH]c1=O. The van der Waals surface area contributed by atoms with Crippen LogP contribution in [0.1, 0.15) is 17.7 Å². The number of rotatable bonds is 7. The summed E-state index contributed by atoms with van der Waals surface area (Å²) in [5, 5.41) is 13.6. The molecule has 0 aliphatic carbocycles. The lowest BCUT2D eigenvalue weighted by Gasteiger charge is -2.27. The Labute approximate surface area is 172 Å². The molecule has 11 nitrogen and oxygen atoms in total. The molecule has 1 saturated heterocycles. The van der Waals surface area contributed by atoms with Gasteiger partial charge in [-0.2, -0.15) is 0 Å². The van der Waals surface area contributed by atoms with Gasteiger partial charge >= 0.3 is 0 Å². The van der Waals surface area contributed by atoms with Gasteiger partial charge in [-0.05, 0) is 19.4 Å². The van der Waals surface area contributed by atoms with Crippen LogP contribution in [0, 0.1) is 17.0 Å². The number of carbonyl (C=O) groups excluding carboxylic acids is 1. The molecule has 3 rings (SSSR count). The van der Waals surface area contributed by atoms with Crippen LogP contribution in [0.2, 0.25) is 0 Å². The number of aromatic amines is 1. The number of hydrogen-bond donors (Lipinski definition) is 2. The predicted octanol–water partition coefficient (Wildman–Crippen LogP) is 1.40. The van der Waals surface area contributed by atoms with Crippen LogP contribution < -0.4 is 20.5 Å². The molecule has 0 saturated carbocycles. The molecule has 0 unspecified atom stereocenters. The van der Waals surface area contributed by atoms with E-state index in [1.165, 1.54) is 25.3 Å². The number of nitrogens with one attached hydrogen (secondary N) is 2. The summed E-state index contributed by atoms with van der Waals surface area (Å²) in [5.41, 5.74) is 0.725. The molecule has 1 aromatic heterocycles. The van der Waals surface area contributed by atoms with Crippen molar-refractivity contribution < 1.29 is 19.2 Å². The average Bonchev–Trinajstić information content (AvgIpc) is 2.73. The van der Waals surface area contributed by atoms with Crippen LogP contribution >= 0.6 is 0 Å². The number of aryl methyl sites for hydroxylation is 1. The van der Waals surface area contributed by atoms with E-state index in [-0.39, 0.29) is 29.8 Å². The Morgan fingerprint density at radius 3 is 2.77 bits per heavy atom. The Morgan fingerprint density at radius 2 is 2.13 bits per heavy atom. The molecule has 2 N–H and O–H groups in total. The standard InChI is InChI=1S/C19H23N5O6/c1-12-14(18(26)22-19(20-12)23-7-9-30-10-8-23)4-6-17(25)21-15-11-13(24(27)28)3-5-16(15)29-2/h3,5,11H,4,6-10H2,1-2H3,(H,21,25)(H,20,22,26). The maximum Gasteiger partial charge on any atom is 0.271 e. The van der Waals surface area contributed by atoms with E-state index in [0.29, 0.717) is 49.3 Å². The van der Waals surface area contributed by atoms with E-state index in [4.69, 9.17) is 9.47 Å². The number of anilines is 2.